The summed E-state index contributed by atoms with van der Waals surface area (Å²) in [5, 5.41) is 11.4. The minimum absolute atomic E-state index is 0.0286. The molecule has 0 aliphatic rings. The van der Waals surface area contributed by atoms with Gasteiger partial charge in [0.25, 0.3) is 0 Å². The second-order valence-corrected chi connectivity index (χ2v) is 5.03. The highest BCUT2D eigenvalue weighted by molar-refractivity contribution is 5.68. The average Bonchev–Trinajstić information content (AvgIpc) is 2.08. The van der Waals surface area contributed by atoms with Crippen LogP contribution < -0.4 is 5.32 Å². The predicted molar refractivity (Wildman–Crippen MR) is 64.2 cm³/mol. The van der Waals surface area contributed by atoms with Crippen molar-refractivity contribution in [2.24, 2.45) is 5.92 Å². The fraction of sp³-hybridized carbons (Fsp3) is 0.750. The van der Waals surface area contributed by atoms with Crippen molar-refractivity contribution in [2.45, 2.75) is 46.3 Å². The largest absolute Gasteiger partial charge is 0.444 e. The molecule has 1 atom stereocenters. The average molecular weight is 229 g/mol. The molecule has 0 fully saturated rings. The molecule has 0 unspecified atom stereocenters. The normalized spacial score (nSPS) is 14.2. The van der Waals surface area contributed by atoms with E-state index in [2.05, 4.69) is 5.32 Å². The van der Waals surface area contributed by atoms with Crippen LogP contribution in [0.25, 0.3) is 0 Å². The van der Waals surface area contributed by atoms with Gasteiger partial charge in [0.1, 0.15) is 5.60 Å². The molecule has 0 aliphatic heterocycles. The lowest BCUT2D eigenvalue weighted by molar-refractivity contribution is 0.0504. The molecule has 0 heterocycles. The van der Waals surface area contributed by atoms with Crippen LogP contribution >= 0.6 is 0 Å². The number of ether oxygens (including phenoxy) is 1. The molecule has 0 bridgehead atoms. The Morgan fingerprint density at radius 1 is 1.44 bits per heavy atom. The van der Waals surface area contributed by atoms with Crippen molar-refractivity contribution in [3.8, 4) is 0 Å². The summed E-state index contributed by atoms with van der Waals surface area (Å²) < 4.78 is 5.15. The van der Waals surface area contributed by atoms with E-state index in [4.69, 9.17) is 9.84 Å². The van der Waals surface area contributed by atoms with Crippen LogP contribution in [0.1, 0.15) is 34.6 Å². The summed E-state index contributed by atoms with van der Waals surface area (Å²) in [6, 6.07) is -0.123. The van der Waals surface area contributed by atoms with Gasteiger partial charge in [0.15, 0.2) is 0 Å². The van der Waals surface area contributed by atoms with E-state index in [9.17, 15) is 4.79 Å². The number of aliphatic hydroxyl groups excluding tert-OH is 1. The maximum Gasteiger partial charge on any atom is 0.408 e. The molecule has 0 rings (SSSR count). The van der Waals surface area contributed by atoms with Crippen molar-refractivity contribution < 1.29 is 14.6 Å². The Balaban J connectivity index is 4.30. The van der Waals surface area contributed by atoms with E-state index >= 15 is 0 Å². The number of alkyl carbamates (subject to hydrolysis) is 1. The SMILES string of the molecule is CC(C)[C@@H](/C=C\CO)NC(=O)OC(C)(C)C. The zero-order valence-corrected chi connectivity index (χ0v) is 10.8. The number of nitrogens with one attached hydrogen (secondary N) is 1. The second kappa shape index (κ2) is 6.53. The first-order valence-corrected chi connectivity index (χ1v) is 5.53. The molecule has 0 spiro atoms. The maximum atomic E-state index is 11.5. The lowest BCUT2D eigenvalue weighted by Crippen LogP contribution is -2.40. The summed E-state index contributed by atoms with van der Waals surface area (Å²) in [5.41, 5.74) is -0.494. The fourth-order valence-electron chi connectivity index (χ4n) is 1.09. The van der Waals surface area contributed by atoms with Gasteiger partial charge in [0.05, 0.1) is 12.6 Å². The number of aliphatic hydroxyl groups is 1. The zero-order chi connectivity index (χ0) is 12.8. The topological polar surface area (TPSA) is 58.6 Å². The molecule has 0 radical (unpaired) electrons. The summed E-state index contributed by atoms with van der Waals surface area (Å²) in [7, 11) is 0. The summed E-state index contributed by atoms with van der Waals surface area (Å²) in [6.45, 7) is 9.41. The van der Waals surface area contributed by atoms with Gasteiger partial charge in [-0.1, -0.05) is 26.0 Å². The number of amides is 1. The van der Waals surface area contributed by atoms with Crippen LogP contribution in [0, 0.1) is 5.92 Å². The highest BCUT2D eigenvalue weighted by Crippen LogP contribution is 2.09. The summed E-state index contributed by atoms with van der Waals surface area (Å²) in [5.74, 6) is 0.246. The van der Waals surface area contributed by atoms with E-state index in [1.807, 2.05) is 34.6 Å². The first kappa shape index (κ1) is 15.0. The Kier molecular flexibility index (Phi) is 6.11. The molecule has 16 heavy (non-hydrogen) atoms. The third-order valence-electron chi connectivity index (χ3n) is 1.85. The molecular formula is C12H23NO3. The van der Waals surface area contributed by atoms with Gasteiger partial charge in [0.2, 0.25) is 0 Å². The third-order valence-corrected chi connectivity index (χ3v) is 1.85. The Labute approximate surface area is 97.7 Å². The predicted octanol–water partition coefficient (Wildman–Crippen LogP) is 2.08. The van der Waals surface area contributed by atoms with Gasteiger partial charge in [-0.2, -0.15) is 0 Å². The molecule has 0 saturated carbocycles. The molecule has 1 amide bonds. The van der Waals surface area contributed by atoms with Crippen LogP contribution in [-0.2, 0) is 4.74 Å². The fourth-order valence-corrected chi connectivity index (χ4v) is 1.09. The van der Waals surface area contributed by atoms with Crippen molar-refractivity contribution in [1.29, 1.82) is 0 Å². The van der Waals surface area contributed by atoms with Crippen LogP contribution in [0.3, 0.4) is 0 Å². The maximum absolute atomic E-state index is 11.5. The molecule has 2 N–H and O–H groups in total. The number of rotatable bonds is 4. The molecule has 0 aromatic carbocycles. The first-order chi connectivity index (χ1) is 7.26. The van der Waals surface area contributed by atoms with Crippen molar-refractivity contribution in [3.63, 3.8) is 0 Å². The minimum atomic E-state index is -0.494. The number of carbonyl (C=O) groups is 1. The standard InChI is InChI=1S/C12H23NO3/c1-9(2)10(7-6-8-14)13-11(15)16-12(3,4)5/h6-7,9-10,14H,8H2,1-5H3,(H,13,15)/b7-6-/t10-/m1/s1. The van der Waals surface area contributed by atoms with Crippen LogP contribution in [-0.4, -0.2) is 29.4 Å². The van der Waals surface area contributed by atoms with Crippen molar-refractivity contribution >= 4 is 6.09 Å². The quantitative estimate of drug-likeness (QED) is 0.726. The molecule has 0 aliphatic carbocycles. The monoisotopic (exact) mass is 229 g/mol. The molecular weight excluding hydrogens is 206 g/mol. The number of hydrogen-bond acceptors (Lipinski definition) is 3. The van der Waals surface area contributed by atoms with Crippen molar-refractivity contribution in [2.75, 3.05) is 6.61 Å². The lowest BCUT2D eigenvalue weighted by Gasteiger charge is -2.24. The zero-order valence-electron chi connectivity index (χ0n) is 10.8. The molecule has 4 nitrogen and oxygen atoms in total. The van der Waals surface area contributed by atoms with Gasteiger partial charge in [0, 0.05) is 0 Å². The molecule has 0 aromatic heterocycles. The van der Waals surface area contributed by atoms with Gasteiger partial charge in [-0.25, -0.2) is 4.79 Å². The highest BCUT2D eigenvalue weighted by atomic mass is 16.6. The Bertz CT molecular complexity index is 241. The van der Waals surface area contributed by atoms with Crippen molar-refractivity contribution in [3.05, 3.63) is 12.2 Å². The molecule has 0 aromatic rings. The van der Waals surface area contributed by atoms with E-state index in [0.717, 1.165) is 0 Å². The summed E-state index contributed by atoms with van der Waals surface area (Å²) >= 11 is 0. The number of carbonyl (C=O) groups excluding carboxylic acids is 1. The van der Waals surface area contributed by atoms with Crippen LogP contribution in [0.2, 0.25) is 0 Å². The lowest BCUT2D eigenvalue weighted by atomic mass is 10.0. The molecule has 0 saturated heterocycles. The summed E-state index contributed by atoms with van der Waals surface area (Å²) in [4.78, 5) is 11.5. The van der Waals surface area contributed by atoms with E-state index in [-0.39, 0.29) is 18.6 Å². The van der Waals surface area contributed by atoms with Gasteiger partial charge < -0.3 is 15.2 Å². The Morgan fingerprint density at radius 2 is 2.00 bits per heavy atom. The Hall–Kier alpha value is -1.03. The molecule has 4 heteroatoms. The van der Waals surface area contributed by atoms with E-state index in [1.54, 1.807) is 12.2 Å². The van der Waals surface area contributed by atoms with E-state index in [0.29, 0.717) is 0 Å². The van der Waals surface area contributed by atoms with Gasteiger partial charge in [-0.15, -0.1) is 0 Å². The van der Waals surface area contributed by atoms with E-state index in [1.165, 1.54) is 0 Å². The molecule has 94 valence electrons. The van der Waals surface area contributed by atoms with E-state index < -0.39 is 11.7 Å². The number of hydrogen-bond donors (Lipinski definition) is 2. The smallest absolute Gasteiger partial charge is 0.408 e. The van der Waals surface area contributed by atoms with Crippen LogP contribution in [0.15, 0.2) is 12.2 Å². The van der Waals surface area contributed by atoms with Crippen LogP contribution in [0.4, 0.5) is 4.79 Å². The van der Waals surface area contributed by atoms with Gasteiger partial charge in [-0.05, 0) is 26.7 Å². The van der Waals surface area contributed by atoms with Crippen LogP contribution in [0.5, 0.6) is 0 Å². The van der Waals surface area contributed by atoms with Crippen molar-refractivity contribution in [1.82, 2.24) is 5.32 Å². The second-order valence-electron chi connectivity index (χ2n) is 5.03. The summed E-state index contributed by atoms with van der Waals surface area (Å²) in [6.07, 6.45) is 2.95. The Morgan fingerprint density at radius 3 is 2.38 bits per heavy atom. The van der Waals surface area contributed by atoms with Gasteiger partial charge in [-0.3, -0.25) is 0 Å². The first-order valence-electron chi connectivity index (χ1n) is 5.53. The van der Waals surface area contributed by atoms with Gasteiger partial charge >= 0.3 is 6.09 Å². The minimum Gasteiger partial charge on any atom is -0.444 e. The highest BCUT2D eigenvalue weighted by Gasteiger charge is 2.19. The third kappa shape index (κ3) is 7.29.